The first-order chi connectivity index (χ1) is 17.3. The van der Waals surface area contributed by atoms with Gasteiger partial charge in [-0.05, 0) is 50.1 Å². The number of hydrogen-bond donors (Lipinski definition) is 1. The van der Waals surface area contributed by atoms with Crippen molar-refractivity contribution in [1.82, 2.24) is 14.8 Å². The number of methoxy groups -OCH3 is 2. The van der Waals surface area contributed by atoms with Gasteiger partial charge in [0.15, 0.2) is 5.76 Å². The molecule has 0 amide bonds. The third-order valence-electron chi connectivity index (χ3n) is 5.37. The molecule has 3 aromatic rings. The molecule has 3 rings (SSSR count). The molecule has 1 aromatic carbocycles. The number of benzene rings is 1. The van der Waals surface area contributed by atoms with Gasteiger partial charge in [0.05, 0.1) is 20.4 Å². The largest absolute Gasteiger partial charge is 0.494 e. The number of rotatable bonds is 12. The fourth-order valence-electron chi connectivity index (χ4n) is 3.32. The summed E-state index contributed by atoms with van der Waals surface area (Å²) in [5, 5.41) is 13.0. The number of anilines is 1. The summed E-state index contributed by atoms with van der Waals surface area (Å²) in [6.45, 7) is 11.6. The van der Waals surface area contributed by atoms with Gasteiger partial charge in [-0.15, -0.1) is 10.2 Å². The second-order valence-corrected chi connectivity index (χ2v) is 9.19. The zero-order valence-corrected chi connectivity index (χ0v) is 22.4. The van der Waals surface area contributed by atoms with Gasteiger partial charge >= 0.3 is 0 Å². The van der Waals surface area contributed by atoms with Crippen molar-refractivity contribution < 1.29 is 18.7 Å². The molecule has 10 nitrogen and oxygen atoms in total. The fraction of sp³-hybridized carbons (Fsp3) is 0.360. The van der Waals surface area contributed by atoms with Crippen LogP contribution in [0.5, 0.6) is 11.5 Å². The molecule has 0 aliphatic carbocycles. The number of aliphatic imine (C=N–C) groups is 1. The number of furan rings is 1. The summed E-state index contributed by atoms with van der Waals surface area (Å²) in [5.41, 5.74) is 2.03. The second-order valence-electron chi connectivity index (χ2n) is 8.01. The van der Waals surface area contributed by atoms with Crippen LogP contribution in [0, 0.1) is 12.8 Å². The molecule has 36 heavy (non-hydrogen) atoms. The Morgan fingerprint density at radius 1 is 1.14 bits per heavy atom. The lowest BCUT2D eigenvalue weighted by Gasteiger charge is -2.20. The van der Waals surface area contributed by atoms with Gasteiger partial charge in [-0.25, -0.2) is 0 Å². The van der Waals surface area contributed by atoms with Crippen LogP contribution in [-0.4, -0.2) is 53.3 Å². The molecule has 0 fully saturated rings. The number of oxime groups is 1. The molecular weight excluding hydrogens is 480 g/mol. The van der Waals surface area contributed by atoms with Crippen LogP contribution in [0.3, 0.4) is 0 Å². The van der Waals surface area contributed by atoms with Gasteiger partial charge in [0.25, 0.3) is 0 Å². The number of nitrogens with zero attached hydrogens (tertiary/aromatic N) is 5. The molecule has 2 unspecified atom stereocenters. The topological polar surface area (TPSA) is 108 Å². The van der Waals surface area contributed by atoms with Crippen molar-refractivity contribution in [2.75, 3.05) is 26.1 Å². The molecule has 192 valence electrons. The minimum absolute atomic E-state index is 0.00471. The highest BCUT2D eigenvalue weighted by molar-refractivity contribution is 8.01. The van der Waals surface area contributed by atoms with E-state index in [1.807, 2.05) is 55.7 Å². The van der Waals surface area contributed by atoms with Crippen molar-refractivity contribution in [2.45, 2.75) is 32.9 Å². The molecule has 2 aromatic heterocycles. The van der Waals surface area contributed by atoms with Gasteiger partial charge in [-0.3, -0.25) is 14.3 Å². The minimum Gasteiger partial charge on any atom is -0.494 e. The Morgan fingerprint density at radius 3 is 2.39 bits per heavy atom. The smallest absolute Gasteiger partial charge is 0.239 e. The van der Waals surface area contributed by atoms with Crippen molar-refractivity contribution in [3.05, 3.63) is 48.4 Å². The SMILES string of the molecule is C=C(C)/N=C\C(=N\OC)C(C)C(C)SNc1nnc(-c2ccc(C)o2)n1-c1c(OC)cccc1OC. The molecule has 0 saturated carbocycles. The zero-order chi connectivity index (χ0) is 26.2. The standard InChI is InChI=1S/C25H32N6O4S/c1-15(2)26-14-19(29-34-8)17(4)18(5)36-30-25-28-27-24(22-13-12-16(3)35-22)31(25)23-20(32-6)10-9-11-21(23)33-7/h9-14,17-18H,1H2,2-8H3,(H,28,30)/b26-14-,29-19-. The summed E-state index contributed by atoms with van der Waals surface area (Å²) in [7, 11) is 4.72. The maximum Gasteiger partial charge on any atom is 0.239 e. The number of aryl methyl sites for hydroxylation is 1. The van der Waals surface area contributed by atoms with E-state index < -0.39 is 0 Å². The molecular formula is C25H32N6O4S. The van der Waals surface area contributed by atoms with Gasteiger partial charge in [0.2, 0.25) is 11.8 Å². The van der Waals surface area contributed by atoms with Crippen molar-refractivity contribution in [3.8, 4) is 28.8 Å². The lowest BCUT2D eigenvalue weighted by atomic mass is 10.0. The lowest BCUT2D eigenvalue weighted by Crippen LogP contribution is -2.24. The third kappa shape index (κ3) is 6.09. The van der Waals surface area contributed by atoms with Crippen molar-refractivity contribution in [3.63, 3.8) is 0 Å². The lowest BCUT2D eigenvalue weighted by molar-refractivity contribution is 0.212. The Kier molecular flexibility index (Phi) is 9.18. The molecule has 0 aliphatic rings. The van der Waals surface area contributed by atoms with E-state index in [0.717, 1.165) is 5.76 Å². The van der Waals surface area contributed by atoms with Gasteiger partial charge in [-0.1, -0.05) is 31.6 Å². The van der Waals surface area contributed by atoms with Gasteiger partial charge in [0, 0.05) is 16.9 Å². The fourth-order valence-corrected chi connectivity index (χ4v) is 4.09. The maximum absolute atomic E-state index is 5.87. The molecule has 0 radical (unpaired) electrons. The monoisotopic (exact) mass is 512 g/mol. The van der Waals surface area contributed by atoms with E-state index in [-0.39, 0.29) is 11.2 Å². The Bertz CT molecular complexity index is 1230. The maximum atomic E-state index is 5.87. The molecule has 11 heteroatoms. The average molecular weight is 513 g/mol. The Labute approximate surface area is 215 Å². The summed E-state index contributed by atoms with van der Waals surface area (Å²) in [5.74, 6) is 3.50. The van der Waals surface area contributed by atoms with Crippen LogP contribution < -0.4 is 14.2 Å². The van der Waals surface area contributed by atoms with Gasteiger partial charge in [0.1, 0.15) is 35.8 Å². The van der Waals surface area contributed by atoms with Crippen LogP contribution >= 0.6 is 11.9 Å². The van der Waals surface area contributed by atoms with Crippen LogP contribution in [-0.2, 0) is 4.84 Å². The van der Waals surface area contributed by atoms with Crippen LogP contribution in [0.15, 0.2) is 57.2 Å². The van der Waals surface area contributed by atoms with Crippen molar-refractivity contribution in [2.24, 2.45) is 16.1 Å². The van der Waals surface area contributed by atoms with E-state index in [9.17, 15) is 0 Å². The molecule has 2 atom stereocenters. The zero-order valence-electron chi connectivity index (χ0n) is 21.6. The first-order valence-electron chi connectivity index (χ1n) is 11.3. The first-order valence-corrected chi connectivity index (χ1v) is 12.1. The minimum atomic E-state index is -0.00471. The predicted octanol–water partition coefficient (Wildman–Crippen LogP) is 5.54. The quantitative estimate of drug-likeness (QED) is 0.191. The van der Waals surface area contributed by atoms with E-state index in [4.69, 9.17) is 18.7 Å². The summed E-state index contributed by atoms with van der Waals surface area (Å²) in [6, 6.07) is 9.30. The van der Waals surface area contributed by atoms with E-state index in [0.29, 0.717) is 46.1 Å². The average Bonchev–Trinajstić information content (AvgIpc) is 3.49. The second kappa shape index (κ2) is 12.3. The molecule has 0 saturated heterocycles. The highest BCUT2D eigenvalue weighted by atomic mass is 32.2. The van der Waals surface area contributed by atoms with Crippen molar-refractivity contribution in [1.29, 1.82) is 0 Å². The Morgan fingerprint density at radius 2 is 1.83 bits per heavy atom. The first kappa shape index (κ1) is 26.9. The van der Waals surface area contributed by atoms with Crippen LogP contribution in [0.2, 0.25) is 0 Å². The van der Waals surface area contributed by atoms with E-state index in [2.05, 4.69) is 38.6 Å². The van der Waals surface area contributed by atoms with E-state index >= 15 is 0 Å². The van der Waals surface area contributed by atoms with E-state index in [1.165, 1.54) is 19.1 Å². The molecule has 0 aliphatic heterocycles. The highest BCUT2D eigenvalue weighted by Crippen LogP contribution is 2.38. The number of hydrogen-bond acceptors (Lipinski definition) is 10. The van der Waals surface area contributed by atoms with Gasteiger partial charge in [-0.2, -0.15) is 0 Å². The Hall–Kier alpha value is -3.73. The number of para-hydroxylation sites is 1. The number of allylic oxidation sites excluding steroid dienone is 1. The summed E-state index contributed by atoms with van der Waals surface area (Å²) < 4.78 is 22.4. The number of aromatic nitrogens is 3. The van der Waals surface area contributed by atoms with E-state index in [1.54, 1.807) is 20.4 Å². The summed E-state index contributed by atoms with van der Waals surface area (Å²) in [4.78, 5) is 9.30. The third-order valence-corrected chi connectivity index (χ3v) is 6.45. The predicted molar refractivity (Wildman–Crippen MR) is 144 cm³/mol. The molecule has 2 heterocycles. The summed E-state index contributed by atoms with van der Waals surface area (Å²) in [6.07, 6.45) is 1.67. The van der Waals surface area contributed by atoms with Crippen LogP contribution in [0.1, 0.15) is 26.5 Å². The van der Waals surface area contributed by atoms with Crippen LogP contribution in [0.25, 0.3) is 17.3 Å². The highest BCUT2D eigenvalue weighted by Gasteiger charge is 2.25. The molecule has 0 spiro atoms. The molecule has 0 bridgehead atoms. The van der Waals surface area contributed by atoms with Crippen LogP contribution in [0.4, 0.5) is 5.95 Å². The summed E-state index contributed by atoms with van der Waals surface area (Å²) >= 11 is 1.47. The van der Waals surface area contributed by atoms with Gasteiger partial charge < -0.3 is 18.7 Å². The molecule has 1 N–H and O–H groups in total. The number of nitrogens with one attached hydrogen (secondary N) is 1. The number of ether oxygens (including phenoxy) is 2. The van der Waals surface area contributed by atoms with Crippen molar-refractivity contribution >= 4 is 29.8 Å². The Balaban J connectivity index is 1.99. The normalized spacial score (nSPS) is 13.5.